The maximum atomic E-state index is 11.6. The topological polar surface area (TPSA) is 60.2 Å². The van der Waals surface area contributed by atoms with Crippen LogP contribution in [0.15, 0.2) is 0 Å². The number of likely N-dealkylation sites (tertiary alicyclic amines) is 1. The second-order valence-electron chi connectivity index (χ2n) is 4.87. The molecule has 19 heavy (non-hydrogen) atoms. The second kappa shape index (κ2) is 6.65. The van der Waals surface area contributed by atoms with E-state index >= 15 is 0 Å². The zero-order chi connectivity index (χ0) is 13.7. The zero-order valence-corrected chi connectivity index (χ0v) is 11.8. The molecule has 0 aromatic carbocycles. The van der Waals surface area contributed by atoms with Crippen molar-refractivity contribution < 1.29 is 9.53 Å². The molecule has 0 N–H and O–H groups in total. The Bertz CT molecular complexity index is 424. The maximum Gasteiger partial charge on any atom is 0.360 e. The van der Waals surface area contributed by atoms with Crippen LogP contribution in [-0.4, -0.2) is 52.1 Å². The molecule has 1 aromatic heterocycles. The van der Waals surface area contributed by atoms with Gasteiger partial charge in [0.2, 0.25) is 0 Å². The molecule has 2 heterocycles. The molecule has 6 heteroatoms. The molecule has 0 spiro atoms. The van der Waals surface area contributed by atoms with Crippen molar-refractivity contribution in [2.75, 3.05) is 26.2 Å². The van der Waals surface area contributed by atoms with Gasteiger partial charge in [0.15, 0.2) is 5.69 Å². The molecule has 1 aromatic rings. The van der Waals surface area contributed by atoms with E-state index in [2.05, 4.69) is 15.2 Å². The number of nitrogens with zero attached hydrogens (tertiary/aromatic N) is 4. The molecule has 0 bridgehead atoms. The van der Waals surface area contributed by atoms with E-state index in [1.807, 2.05) is 6.92 Å². The highest BCUT2D eigenvalue weighted by molar-refractivity contribution is 5.88. The van der Waals surface area contributed by atoms with Gasteiger partial charge in [0, 0.05) is 6.54 Å². The summed E-state index contributed by atoms with van der Waals surface area (Å²) in [5.74, 6) is -0.385. The van der Waals surface area contributed by atoms with Gasteiger partial charge >= 0.3 is 5.97 Å². The Morgan fingerprint density at radius 2 is 2.00 bits per heavy atom. The maximum absolute atomic E-state index is 11.6. The molecular weight excluding hydrogens is 244 g/mol. The summed E-state index contributed by atoms with van der Waals surface area (Å²) in [7, 11) is 0. The summed E-state index contributed by atoms with van der Waals surface area (Å²) in [5.41, 5.74) is 1.12. The van der Waals surface area contributed by atoms with Crippen LogP contribution in [-0.2, 0) is 11.3 Å². The van der Waals surface area contributed by atoms with Gasteiger partial charge in [-0.05, 0) is 39.8 Å². The first-order valence-electron chi connectivity index (χ1n) is 7.02. The molecule has 106 valence electrons. The van der Waals surface area contributed by atoms with Crippen molar-refractivity contribution in [2.24, 2.45) is 0 Å². The van der Waals surface area contributed by atoms with Gasteiger partial charge in [-0.15, -0.1) is 5.10 Å². The van der Waals surface area contributed by atoms with Crippen molar-refractivity contribution in [1.29, 1.82) is 0 Å². The fraction of sp³-hybridized carbons (Fsp3) is 0.769. The first-order chi connectivity index (χ1) is 9.22. The van der Waals surface area contributed by atoms with E-state index in [4.69, 9.17) is 4.74 Å². The molecule has 2 rings (SSSR count). The molecule has 0 amide bonds. The number of ether oxygens (including phenoxy) is 1. The standard InChI is InChI=1S/C13H22N4O2/c1-3-19-13(18)12-11(2)17(15-14-12)10-9-16-7-5-4-6-8-16/h3-10H2,1-2H3. The number of carbonyl (C=O) groups excluding carboxylic acids is 1. The van der Waals surface area contributed by atoms with Gasteiger partial charge in [0.1, 0.15) is 0 Å². The minimum Gasteiger partial charge on any atom is -0.461 e. The number of hydrogen-bond donors (Lipinski definition) is 0. The Morgan fingerprint density at radius 1 is 1.26 bits per heavy atom. The molecule has 0 unspecified atom stereocenters. The van der Waals surface area contributed by atoms with Gasteiger partial charge in [0.05, 0.1) is 18.8 Å². The van der Waals surface area contributed by atoms with Crippen LogP contribution in [0.2, 0.25) is 0 Å². The van der Waals surface area contributed by atoms with Crippen molar-refractivity contribution in [3.8, 4) is 0 Å². The lowest BCUT2D eigenvalue weighted by molar-refractivity contribution is 0.0518. The van der Waals surface area contributed by atoms with Gasteiger partial charge in [-0.3, -0.25) is 0 Å². The fourth-order valence-corrected chi connectivity index (χ4v) is 2.38. The van der Waals surface area contributed by atoms with E-state index in [9.17, 15) is 4.79 Å². The Hall–Kier alpha value is -1.43. The minimum absolute atomic E-state index is 0.334. The van der Waals surface area contributed by atoms with Gasteiger partial charge in [-0.2, -0.15) is 0 Å². The summed E-state index contributed by atoms with van der Waals surface area (Å²) in [5, 5.41) is 7.96. The van der Waals surface area contributed by atoms with Crippen LogP contribution in [0, 0.1) is 6.92 Å². The number of hydrogen-bond acceptors (Lipinski definition) is 5. The van der Waals surface area contributed by atoms with Crippen LogP contribution in [0.1, 0.15) is 42.4 Å². The Balaban J connectivity index is 1.91. The molecular formula is C13H22N4O2. The summed E-state index contributed by atoms with van der Waals surface area (Å²) in [4.78, 5) is 14.1. The van der Waals surface area contributed by atoms with E-state index in [1.54, 1.807) is 11.6 Å². The highest BCUT2D eigenvalue weighted by atomic mass is 16.5. The molecule has 1 aliphatic heterocycles. The Labute approximate surface area is 113 Å². The highest BCUT2D eigenvalue weighted by Crippen LogP contribution is 2.10. The van der Waals surface area contributed by atoms with Gasteiger partial charge in [-0.1, -0.05) is 11.6 Å². The van der Waals surface area contributed by atoms with E-state index in [1.165, 1.54) is 32.4 Å². The SMILES string of the molecule is CCOC(=O)c1nnn(CCN2CCCCC2)c1C. The van der Waals surface area contributed by atoms with Crippen LogP contribution in [0.4, 0.5) is 0 Å². The number of piperidine rings is 1. The largest absolute Gasteiger partial charge is 0.461 e. The predicted octanol–water partition coefficient (Wildman–Crippen LogP) is 1.25. The summed E-state index contributed by atoms with van der Waals surface area (Å²) in [6, 6.07) is 0. The molecule has 6 nitrogen and oxygen atoms in total. The van der Waals surface area contributed by atoms with Crippen LogP contribution < -0.4 is 0 Å². The third-order valence-electron chi connectivity index (χ3n) is 3.53. The van der Waals surface area contributed by atoms with Crippen LogP contribution in [0.3, 0.4) is 0 Å². The van der Waals surface area contributed by atoms with Crippen LogP contribution in [0.25, 0.3) is 0 Å². The predicted molar refractivity (Wildman–Crippen MR) is 71.0 cm³/mol. The lowest BCUT2D eigenvalue weighted by atomic mass is 10.1. The zero-order valence-electron chi connectivity index (χ0n) is 11.8. The van der Waals surface area contributed by atoms with Crippen LogP contribution >= 0.6 is 0 Å². The second-order valence-corrected chi connectivity index (χ2v) is 4.87. The van der Waals surface area contributed by atoms with Gasteiger partial charge in [0.25, 0.3) is 0 Å². The van der Waals surface area contributed by atoms with Crippen molar-refractivity contribution in [3.05, 3.63) is 11.4 Å². The lowest BCUT2D eigenvalue weighted by Gasteiger charge is -2.26. The first kappa shape index (κ1) is 14.0. The molecule has 1 saturated heterocycles. The number of rotatable bonds is 5. The number of carbonyl (C=O) groups is 1. The van der Waals surface area contributed by atoms with Crippen molar-refractivity contribution in [1.82, 2.24) is 19.9 Å². The molecule has 1 fully saturated rings. The highest BCUT2D eigenvalue weighted by Gasteiger charge is 2.18. The van der Waals surface area contributed by atoms with Crippen molar-refractivity contribution >= 4 is 5.97 Å². The van der Waals surface area contributed by atoms with E-state index in [0.29, 0.717) is 12.3 Å². The minimum atomic E-state index is -0.385. The quantitative estimate of drug-likeness (QED) is 0.751. The summed E-state index contributed by atoms with van der Waals surface area (Å²) in [6.45, 7) is 8.08. The fourth-order valence-electron chi connectivity index (χ4n) is 2.38. The van der Waals surface area contributed by atoms with Crippen molar-refractivity contribution in [3.63, 3.8) is 0 Å². The monoisotopic (exact) mass is 266 g/mol. The molecule has 0 atom stereocenters. The average Bonchev–Trinajstić information content (AvgIpc) is 2.79. The molecule has 0 saturated carbocycles. The smallest absolute Gasteiger partial charge is 0.360 e. The van der Waals surface area contributed by atoms with Gasteiger partial charge < -0.3 is 9.64 Å². The van der Waals surface area contributed by atoms with Gasteiger partial charge in [-0.25, -0.2) is 9.48 Å². The molecule has 0 aliphatic carbocycles. The first-order valence-corrected chi connectivity index (χ1v) is 7.02. The third-order valence-corrected chi connectivity index (χ3v) is 3.53. The summed E-state index contributed by atoms with van der Waals surface area (Å²) in [6.07, 6.45) is 3.90. The molecule has 1 aliphatic rings. The van der Waals surface area contributed by atoms with Crippen molar-refractivity contribution in [2.45, 2.75) is 39.7 Å². The lowest BCUT2D eigenvalue weighted by Crippen LogP contribution is -2.33. The van der Waals surface area contributed by atoms with E-state index < -0.39 is 0 Å². The van der Waals surface area contributed by atoms with E-state index in [-0.39, 0.29) is 5.97 Å². The summed E-state index contributed by atoms with van der Waals surface area (Å²) < 4.78 is 6.74. The normalized spacial score (nSPS) is 16.5. The number of aromatic nitrogens is 3. The van der Waals surface area contributed by atoms with Crippen LogP contribution in [0.5, 0.6) is 0 Å². The average molecular weight is 266 g/mol. The van der Waals surface area contributed by atoms with E-state index in [0.717, 1.165) is 18.8 Å². The molecule has 0 radical (unpaired) electrons. The third kappa shape index (κ3) is 3.53. The Morgan fingerprint density at radius 3 is 2.68 bits per heavy atom. The summed E-state index contributed by atoms with van der Waals surface area (Å²) >= 11 is 0. The Kier molecular flexibility index (Phi) is 4.90. The number of esters is 1.